The third kappa shape index (κ3) is 4.34. The van der Waals surface area contributed by atoms with E-state index in [9.17, 15) is 9.59 Å². The predicted molar refractivity (Wildman–Crippen MR) is 62.4 cm³/mol. The van der Waals surface area contributed by atoms with Crippen molar-refractivity contribution < 1.29 is 19.1 Å². The van der Waals surface area contributed by atoms with Gasteiger partial charge in [0.1, 0.15) is 6.54 Å². The van der Waals surface area contributed by atoms with E-state index in [1.54, 1.807) is 11.8 Å². The summed E-state index contributed by atoms with van der Waals surface area (Å²) in [6.45, 7) is 5.84. The molecule has 0 atom stereocenters. The molecule has 0 saturated carbocycles. The number of rotatable bonds is 5. The van der Waals surface area contributed by atoms with Crippen molar-refractivity contribution >= 4 is 11.9 Å². The van der Waals surface area contributed by atoms with Gasteiger partial charge in [0.05, 0.1) is 6.61 Å². The van der Waals surface area contributed by atoms with E-state index in [0.717, 1.165) is 12.8 Å². The first-order chi connectivity index (χ1) is 8.19. The number of hydrogen-bond donors (Lipinski definition) is 0. The maximum absolute atomic E-state index is 12.1. The molecule has 0 aromatic heterocycles. The van der Waals surface area contributed by atoms with Gasteiger partial charge in [-0.1, -0.05) is 0 Å². The van der Waals surface area contributed by atoms with Crippen molar-refractivity contribution in [3.05, 3.63) is 0 Å². The highest BCUT2D eigenvalue weighted by Crippen LogP contribution is 2.17. The normalized spacial score (nSPS) is 16.6. The van der Waals surface area contributed by atoms with E-state index < -0.39 is 0 Å². The second-order valence-corrected chi connectivity index (χ2v) is 4.04. The lowest BCUT2D eigenvalue weighted by Crippen LogP contribution is -2.41. The van der Waals surface area contributed by atoms with Gasteiger partial charge < -0.3 is 14.4 Å². The molecule has 0 N–H and O–H groups in total. The summed E-state index contributed by atoms with van der Waals surface area (Å²) in [6.07, 6.45) is 1.50. The fourth-order valence-corrected chi connectivity index (χ4v) is 1.91. The molecule has 5 nitrogen and oxygen atoms in total. The van der Waals surface area contributed by atoms with Gasteiger partial charge in [-0.2, -0.15) is 0 Å². The van der Waals surface area contributed by atoms with Crippen molar-refractivity contribution in [3.63, 3.8) is 0 Å². The highest BCUT2D eigenvalue weighted by molar-refractivity contribution is 5.83. The molecule has 0 aromatic rings. The summed E-state index contributed by atoms with van der Waals surface area (Å²) < 4.78 is 10.1. The fraction of sp³-hybridized carbons (Fsp3) is 0.833. The molecular weight excluding hydrogens is 222 g/mol. The Labute approximate surface area is 102 Å². The minimum absolute atomic E-state index is 0.00173. The molecule has 17 heavy (non-hydrogen) atoms. The van der Waals surface area contributed by atoms with Crippen LogP contribution >= 0.6 is 0 Å². The smallest absolute Gasteiger partial charge is 0.325 e. The first kappa shape index (κ1) is 14.0. The van der Waals surface area contributed by atoms with Crippen LogP contribution in [0.5, 0.6) is 0 Å². The molecule has 0 unspecified atom stereocenters. The van der Waals surface area contributed by atoms with Gasteiger partial charge in [0, 0.05) is 25.7 Å². The molecule has 0 bridgehead atoms. The largest absolute Gasteiger partial charge is 0.465 e. The lowest BCUT2D eigenvalue weighted by Gasteiger charge is -2.27. The van der Waals surface area contributed by atoms with Crippen LogP contribution in [-0.4, -0.2) is 49.7 Å². The second kappa shape index (κ2) is 7.27. The first-order valence-corrected chi connectivity index (χ1v) is 6.21. The Morgan fingerprint density at radius 1 is 1.29 bits per heavy atom. The molecule has 5 heteroatoms. The molecule has 1 amide bonds. The van der Waals surface area contributed by atoms with Gasteiger partial charge in [-0.15, -0.1) is 0 Å². The lowest BCUT2D eigenvalue weighted by molar-refractivity contribution is -0.151. The van der Waals surface area contributed by atoms with Crippen molar-refractivity contribution in [1.82, 2.24) is 4.90 Å². The monoisotopic (exact) mass is 243 g/mol. The predicted octanol–water partition coefficient (Wildman–Crippen LogP) is 0.825. The molecule has 1 saturated heterocycles. The van der Waals surface area contributed by atoms with E-state index in [0.29, 0.717) is 26.4 Å². The van der Waals surface area contributed by atoms with E-state index in [1.807, 2.05) is 6.92 Å². The summed E-state index contributed by atoms with van der Waals surface area (Å²) in [5.41, 5.74) is 0. The lowest BCUT2D eigenvalue weighted by atomic mass is 9.98. The summed E-state index contributed by atoms with van der Waals surface area (Å²) >= 11 is 0. The molecule has 0 aliphatic carbocycles. The van der Waals surface area contributed by atoms with Crippen LogP contribution in [0.3, 0.4) is 0 Å². The average Bonchev–Trinajstić information content (AvgIpc) is 2.36. The van der Waals surface area contributed by atoms with Crippen molar-refractivity contribution in [3.8, 4) is 0 Å². The molecule has 0 radical (unpaired) electrons. The molecule has 0 aromatic carbocycles. The second-order valence-electron chi connectivity index (χ2n) is 4.04. The third-order valence-electron chi connectivity index (χ3n) is 2.89. The molecule has 0 spiro atoms. The van der Waals surface area contributed by atoms with E-state index in [1.165, 1.54) is 0 Å². The van der Waals surface area contributed by atoms with Gasteiger partial charge in [0.25, 0.3) is 0 Å². The Bertz CT molecular complexity index is 261. The van der Waals surface area contributed by atoms with Crippen LogP contribution in [-0.2, 0) is 19.1 Å². The van der Waals surface area contributed by atoms with Crippen LogP contribution in [0, 0.1) is 5.92 Å². The quantitative estimate of drug-likeness (QED) is 0.671. The zero-order chi connectivity index (χ0) is 12.7. The highest BCUT2D eigenvalue weighted by Gasteiger charge is 2.26. The molecule has 1 heterocycles. The minimum atomic E-state index is -0.338. The first-order valence-electron chi connectivity index (χ1n) is 6.21. The van der Waals surface area contributed by atoms with E-state index in [4.69, 9.17) is 9.47 Å². The number of ether oxygens (including phenoxy) is 2. The van der Waals surface area contributed by atoms with Crippen molar-refractivity contribution in [2.24, 2.45) is 5.92 Å². The SMILES string of the molecule is CCOC(=O)CN(CC)C(=O)C1CCOCC1. The van der Waals surface area contributed by atoms with Gasteiger partial charge in [-0.25, -0.2) is 0 Å². The Kier molecular flexibility index (Phi) is 5.97. The van der Waals surface area contributed by atoms with Gasteiger partial charge in [-0.05, 0) is 26.7 Å². The van der Waals surface area contributed by atoms with Gasteiger partial charge in [-0.3, -0.25) is 9.59 Å². The average molecular weight is 243 g/mol. The standard InChI is InChI=1S/C12H21NO4/c1-3-13(9-11(14)17-4-2)12(15)10-5-7-16-8-6-10/h10H,3-9H2,1-2H3. The molecule has 98 valence electrons. The molecular formula is C12H21NO4. The number of carbonyl (C=O) groups is 2. The summed E-state index contributed by atoms with van der Waals surface area (Å²) in [5, 5.41) is 0. The van der Waals surface area contributed by atoms with Gasteiger partial charge in [0.2, 0.25) is 5.91 Å². The Morgan fingerprint density at radius 2 is 1.94 bits per heavy atom. The van der Waals surface area contributed by atoms with Crippen LogP contribution in [0.25, 0.3) is 0 Å². The van der Waals surface area contributed by atoms with Crippen molar-refractivity contribution in [2.75, 3.05) is 32.9 Å². The van der Waals surface area contributed by atoms with Crippen LogP contribution < -0.4 is 0 Å². The summed E-state index contributed by atoms with van der Waals surface area (Å²) in [5.74, 6) is -0.295. The van der Waals surface area contributed by atoms with E-state index in [2.05, 4.69) is 0 Å². The van der Waals surface area contributed by atoms with Crippen LogP contribution in [0.15, 0.2) is 0 Å². The van der Waals surface area contributed by atoms with Crippen molar-refractivity contribution in [2.45, 2.75) is 26.7 Å². The Balaban J connectivity index is 2.47. The topological polar surface area (TPSA) is 55.8 Å². The molecule has 1 aliphatic rings. The molecule has 1 aliphatic heterocycles. The molecule has 1 rings (SSSR count). The number of amides is 1. The summed E-state index contributed by atoms with van der Waals surface area (Å²) in [4.78, 5) is 25.1. The number of hydrogen-bond acceptors (Lipinski definition) is 4. The van der Waals surface area contributed by atoms with Crippen LogP contribution in [0.4, 0.5) is 0 Å². The number of nitrogens with zero attached hydrogens (tertiary/aromatic N) is 1. The number of esters is 1. The van der Waals surface area contributed by atoms with E-state index in [-0.39, 0.29) is 24.3 Å². The molecule has 1 fully saturated rings. The maximum Gasteiger partial charge on any atom is 0.325 e. The van der Waals surface area contributed by atoms with Gasteiger partial charge >= 0.3 is 5.97 Å². The zero-order valence-corrected chi connectivity index (χ0v) is 10.6. The summed E-state index contributed by atoms with van der Waals surface area (Å²) in [7, 11) is 0. The van der Waals surface area contributed by atoms with Gasteiger partial charge in [0.15, 0.2) is 0 Å². The Morgan fingerprint density at radius 3 is 2.47 bits per heavy atom. The third-order valence-corrected chi connectivity index (χ3v) is 2.89. The summed E-state index contributed by atoms with van der Waals surface area (Å²) in [6, 6.07) is 0. The number of likely N-dealkylation sites (N-methyl/N-ethyl adjacent to an activating group) is 1. The van der Waals surface area contributed by atoms with Crippen LogP contribution in [0.2, 0.25) is 0 Å². The highest BCUT2D eigenvalue weighted by atomic mass is 16.5. The van der Waals surface area contributed by atoms with E-state index >= 15 is 0 Å². The number of carbonyl (C=O) groups excluding carboxylic acids is 2. The zero-order valence-electron chi connectivity index (χ0n) is 10.6. The fourth-order valence-electron chi connectivity index (χ4n) is 1.91. The Hall–Kier alpha value is -1.10. The van der Waals surface area contributed by atoms with Crippen molar-refractivity contribution in [1.29, 1.82) is 0 Å². The van der Waals surface area contributed by atoms with Crippen LogP contribution in [0.1, 0.15) is 26.7 Å². The minimum Gasteiger partial charge on any atom is -0.465 e. The maximum atomic E-state index is 12.1.